The molecule has 0 aliphatic carbocycles. The van der Waals surface area contributed by atoms with Crippen molar-refractivity contribution in [1.82, 2.24) is 10.2 Å². The zero-order valence-corrected chi connectivity index (χ0v) is 12.4. The molecule has 3 aromatic rings. The van der Waals surface area contributed by atoms with Crippen molar-refractivity contribution < 1.29 is 0 Å². The van der Waals surface area contributed by atoms with Gasteiger partial charge in [-0.2, -0.15) is 5.10 Å². The minimum Gasteiger partial charge on any atom is -0.382 e. The van der Waals surface area contributed by atoms with Crippen LogP contribution in [0.4, 0.5) is 11.5 Å². The van der Waals surface area contributed by atoms with Crippen molar-refractivity contribution in [2.24, 2.45) is 5.73 Å². The van der Waals surface area contributed by atoms with Gasteiger partial charge in [0, 0.05) is 16.3 Å². The number of nitrogens with one attached hydrogen (secondary N) is 2. The van der Waals surface area contributed by atoms with E-state index in [1.54, 1.807) is 0 Å². The number of para-hydroxylation sites is 1. The van der Waals surface area contributed by atoms with Gasteiger partial charge in [-0.1, -0.05) is 41.9 Å². The zero-order chi connectivity index (χ0) is 15.3. The summed E-state index contributed by atoms with van der Waals surface area (Å²) in [6, 6.07) is 15.3. The third-order valence-electron chi connectivity index (χ3n) is 4.00. The number of hydrogen-bond donors (Lipinski definition) is 4. The van der Waals surface area contributed by atoms with E-state index in [1.165, 1.54) is 0 Å². The van der Waals surface area contributed by atoms with E-state index in [2.05, 4.69) is 15.5 Å². The highest BCUT2D eigenvalue weighted by Gasteiger charge is 2.40. The van der Waals surface area contributed by atoms with Gasteiger partial charge in [0.25, 0.3) is 0 Å². The van der Waals surface area contributed by atoms with Crippen LogP contribution in [0.5, 0.6) is 0 Å². The summed E-state index contributed by atoms with van der Waals surface area (Å²) in [6.07, 6.45) is 0. The summed E-state index contributed by atoms with van der Waals surface area (Å²) in [5, 5.41) is 11.1. The first-order chi connectivity index (χ1) is 10.6. The summed E-state index contributed by atoms with van der Waals surface area (Å²) in [7, 11) is 0. The maximum atomic E-state index is 6.71. The summed E-state index contributed by atoms with van der Waals surface area (Å²) in [6.45, 7) is 0. The quantitative estimate of drug-likeness (QED) is 0.556. The van der Waals surface area contributed by atoms with Gasteiger partial charge in [-0.3, -0.25) is 5.10 Å². The van der Waals surface area contributed by atoms with Gasteiger partial charge in [-0.05, 0) is 23.8 Å². The maximum Gasteiger partial charge on any atom is 0.153 e. The number of rotatable bonds is 1. The second-order valence-corrected chi connectivity index (χ2v) is 5.78. The summed E-state index contributed by atoms with van der Waals surface area (Å²) < 4.78 is 0. The Bertz CT molecular complexity index is 872. The molecule has 0 saturated carbocycles. The molecule has 1 unspecified atom stereocenters. The van der Waals surface area contributed by atoms with Gasteiger partial charge in [0.05, 0.1) is 11.3 Å². The molecule has 4 rings (SSSR count). The van der Waals surface area contributed by atoms with Crippen LogP contribution in [0.2, 0.25) is 5.02 Å². The topological polar surface area (TPSA) is 92.8 Å². The average Bonchev–Trinajstić information content (AvgIpc) is 2.91. The molecular formula is C16H14ClN5. The number of H-pyrrole nitrogens is 1. The first-order valence-corrected chi connectivity index (χ1v) is 7.24. The molecule has 0 radical (unpaired) electrons. The molecule has 0 amide bonds. The molecule has 1 atom stereocenters. The van der Waals surface area contributed by atoms with Crippen molar-refractivity contribution in [3.8, 4) is 11.3 Å². The number of hydrogen-bond acceptors (Lipinski definition) is 4. The second kappa shape index (κ2) is 4.50. The smallest absolute Gasteiger partial charge is 0.153 e. The third-order valence-corrected chi connectivity index (χ3v) is 4.23. The number of benzene rings is 2. The third kappa shape index (κ3) is 1.73. The summed E-state index contributed by atoms with van der Waals surface area (Å²) >= 11 is 6.13. The maximum absolute atomic E-state index is 6.71. The summed E-state index contributed by atoms with van der Waals surface area (Å²) in [5.41, 5.74) is 16.1. The number of fused-ring (bicyclic) bond motifs is 3. The molecule has 0 bridgehead atoms. The van der Waals surface area contributed by atoms with E-state index in [0.29, 0.717) is 10.8 Å². The standard InChI is InChI=1S/C16H14ClN5/c17-10-5-3-4-9(8-10)16(19)13-14(21-22-15(13)18)11-6-1-2-7-12(11)20-16/h1-8,20H,19H2,(H3,18,21,22). The van der Waals surface area contributed by atoms with E-state index in [9.17, 15) is 0 Å². The second-order valence-electron chi connectivity index (χ2n) is 5.35. The SMILES string of the molecule is Nc1n[nH]c2c1C(N)(c1cccc(Cl)c1)Nc1ccccc1-2. The molecule has 0 spiro atoms. The van der Waals surface area contributed by atoms with Crippen molar-refractivity contribution in [2.45, 2.75) is 5.66 Å². The van der Waals surface area contributed by atoms with E-state index in [1.807, 2.05) is 48.5 Å². The van der Waals surface area contributed by atoms with E-state index >= 15 is 0 Å². The Kier molecular flexibility index (Phi) is 2.69. The van der Waals surface area contributed by atoms with Gasteiger partial charge in [0.1, 0.15) is 5.66 Å². The fourth-order valence-electron chi connectivity index (χ4n) is 2.99. The fraction of sp³-hybridized carbons (Fsp3) is 0.0625. The molecule has 1 aromatic heterocycles. The van der Waals surface area contributed by atoms with Gasteiger partial charge >= 0.3 is 0 Å². The fourth-order valence-corrected chi connectivity index (χ4v) is 3.18. The van der Waals surface area contributed by atoms with Crippen LogP contribution in [0, 0.1) is 0 Å². The van der Waals surface area contributed by atoms with Crippen molar-refractivity contribution in [3.63, 3.8) is 0 Å². The Hall–Kier alpha value is -2.50. The number of nitrogens with two attached hydrogens (primary N) is 2. The molecule has 0 fully saturated rings. The highest BCUT2D eigenvalue weighted by molar-refractivity contribution is 6.30. The predicted octanol–water partition coefficient (Wildman–Crippen LogP) is 2.90. The number of halogens is 1. The van der Waals surface area contributed by atoms with E-state index in [0.717, 1.165) is 28.1 Å². The first kappa shape index (κ1) is 13.2. The molecule has 6 heteroatoms. The van der Waals surface area contributed by atoms with Crippen molar-refractivity contribution in [1.29, 1.82) is 0 Å². The van der Waals surface area contributed by atoms with Crippen molar-refractivity contribution in [3.05, 3.63) is 64.7 Å². The number of nitrogens with zero attached hydrogens (tertiary/aromatic N) is 1. The molecular weight excluding hydrogens is 298 g/mol. The van der Waals surface area contributed by atoms with Crippen LogP contribution in [0.3, 0.4) is 0 Å². The first-order valence-electron chi connectivity index (χ1n) is 6.86. The minimum absolute atomic E-state index is 0.375. The highest BCUT2D eigenvalue weighted by Crippen LogP contribution is 2.45. The van der Waals surface area contributed by atoms with Gasteiger partial charge in [0.15, 0.2) is 5.82 Å². The van der Waals surface area contributed by atoms with Gasteiger partial charge in [-0.25, -0.2) is 0 Å². The molecule has 0 saturated heterocycles. The Morgan fingerprint density at radius 2 is 1.91 bits per heavy atom. The minimum atomic E-state index is -0.994. The molecule has 5 nitrogen and oxygen atoms in total. The van der Waals surface area contributed by atoms with Crippen LogP contribution >= 0.6 is 11.6 Å². The van der Waals surface area contributed by atoms with E-state index in [-0.39, 0.29) is 0 Å². The number of aromatic nitrogens is 2. The Morgan fingerprint density at radius 3 is 2.73 bits per heavy atom. The van der Waals surface area contributed by atoms with Crippen LogP contribution in [0.15, 0.2) is 48.5 Å². The predicted molar refractivity (Wildman–Crippen MR) is 88.5 cm³/mol. The number of nitrogen functional groups attached to an aromatic ring is 1. The molecule has 2 heterocycles. The van der Waals surface area contributed by atoms with Crippen LogP contribution in [0.25, 0.3) is 11.3 Å². The van der Waals surface area contributed by atoms with Gasteiger partial charge in [0.2, 0.25) is 0 Å². The lowest BCUT2D eigenvalue weighted by molar-refractivity contribution is 0.621. The number of anilines is 2. The Balaban J connectivity index is 2.01. The summed E-state index contributed by atoms with van der Waals surface area (Å²) in [4.78, 5) is 0. The van der Waals surface area contributed by atoms with Crippen LogP contribution in [-0.2, 0) is 5.66 Å². The lowest BCUT2D eigenvalue weighted by Gasteiger charge is -2.37. The van der Waals surface area contributed by atoms with E-state index in [4.69, 9.17) is 23.1 Å². The molecule has 1 aliphatic rings. The van der Waals surface area contributed by atoms with E-state index < -0.39 is 5.66 Å². The highest BCUT2D eigenvalue weighted by atomic mass is 35.5. The number of aromatic amines is 1. The molecule has 2 aromatic carbocycles. The normalized spacial score (nSPS) is 19.2. The van der Waals surface area contributed by atoms with Crippen LogP contribution in [0.1, 0.15) is 11.1 Å². The van der Waals surface area contributed by atoms with Crippen LogP contribution in [-0.4, -0.2) is 10.2 Å². The monoisotopic (exact) mass is 311 g/mol. The van der Waals surface area contributed by atoms with Crippen LogP contribution < -0.4 is 16.8 Å². The zero-order valence-electron chi connectivity index (χ0n) is 11.6. The van der Waals surface area contributed by atoms with Gasteiger partial charge in [-0.15, -0.1) is 0 Å². The molecule has 22 heavy (non-hydrogen) atoms. The summed E-state index contributed by atoms with van der Waals surface area (Å²) in [5.74, 6) is 0.375. The Labute approximate surface area is 132 Å². The lowest BCUT2D eigenvalue weighted by atomic mass is 9.85. The van der Waals surface area contributed by atoms with Crippen molar-refractivity contribution >= 4 is 23.1 Å². The average molecular weight is 312 g/mol. The molecule has 6 N–H and O–H groups in total. The molecule has 1 aliphatic heterocycles. The van der Waals surface area contributed by atoms with Crippen molar-refractivity contribution in [2.75, 3.05) is 11.1 Å². The van der Waals surface area contributed by atoms with Gasteiger partial charge < -0.3 is 16.8 Å². The lowest BCUT2D eigenvalue weighted by Crippen LogP contribution is -2.48. The Morgan fingerprint density at radius 1 is 1.09 bits per heavy atom. The molecule has 110 valence electrons. The largest absolute Gasteiger partial charge is 0.382 e.